The lowest BCUT2D eigenvalue weighted by Gasteiger charge is -2.17. The van der Waals surface area contributed by atoms with Crippen molar-refractivity contribution < 1.29 is 33.0 Å². The van der Waals surface area contributed by atoms with E-state index in [2.05, 4.69) is 4.74 Å². The van der Waals surface area contributed by atoms with Gasteiger partial charge in [0.05, 0.1) is 13.0 Å². The topological polar surface area (TPSA) is 76.1 Å². The average Bonchev–Trinajstić information content (AvgIpc) is 2.95. The van der Waals surface area contributed by atoms with Gasteiger partial charge in [-0.1, -0.05) is 0 Å². The maximum absolute atomic E-state index is 12.4. The van der Waals surface area contributed by atoms with Gasteiger partial charge in [0.15, 0.2) is 11.5 Å². The molecule has 1 N–H and O–H groups in total. The van der Waals surface area contributed by atoms with E-state index in [0.29, 0.717) is 13.0 Å². The monoisotopic (exact) mass is 315 g/mol. The van der Waals surface area contributed by atoms with E-state index < -0.39 is 24.4 Å². The molecule has 1 aromatic carbocycles. The summed E-state index contributed by atoms with van der Waals surface area (Å²) in [6.07, 6.45) is 0.373. The molecule has 1 aliphatic rings. The van der Waals surface area contributed by atoms with Crippen LogP contribution in [0.25, 0.3) is 0 Å². The molecule has 1 unspecified atom stereocenters. The van der Waals surface area contributed by atoms with Crippen LogP contribution in [0.2, 0.25) is 0 Å². The van der Waals surface area contributed by atoms with Crippen LogP contribution in [0, 0.1) is 5.92 Å². The Hall–Kier alpha value is -2.38. The fraction of sp³-hybridized carbons (Fsp3) is 0.429. The summed E-state index contributed by atoms with van der Waals surface area (Å²) >= 11 is 0. The number of alkyl halides is 2. The second-order valence-electron chi connectivity index (χ2n) is 4.82. The SMILES string of the molecule is COc1ccc(C(=O)N2CCC(C(=O)O)C2)cc1OC(F)F. The summed E-state index contributed by atoms with van der Waals surface area (Å²) in [7, 11) is 1.30. The number of hydrogen-bond donors (Lipinski definition) is 1. The van der Waals surface area contributed by atoms with Crippen LogP contribution in [0.4, 0.5) is 8.78 Å². The minimum Gasteiger partial charge on any atom is -0.493 e. The van der Waals surface area contributed by atoms with Crippen LogP contribution >= 0.6 is 0 Å². The number of nitrogens with zero attached hydrogens (tertiary/aromatic N) is 1. The number of ether oxygens (including phenoxy) is 2. The normalized spacial score (nSPS) is 17.6. The number of carbonyl (C=O) groups excluding carboxylic acids is 1. The first kappa shape index (κ1) is 16.0. The van der Waals surface area contributed by atoms with E-state index >= 15 is 0 Å². The molecule has 0 aromatic heterocycles. The van der Waals surface area contributed by atoms with E-state index in [-0.39, 0.29) is 23.6 Å². The number of carbonyl (C=O) groups is 2. The molecule has 0 radical (unpaired) electrons. The number of carboxylic acid groups (broad SMARTS) is 1. The van der Waals surface area contributed by atoms with Crippen LogP contribution in [0.5, 0.6) is 11.5 Å². The van der Waals surface area contributed by atoms with Crippen molar-refractivity contribution in [3.8, 4) is 11.5 Å². The van der Waals surface area contributed by atoms with Crippen LogP contribution < -0.4 is 9.47 Å². The number of carboxylic acids is 1. The van der Waals surface area contributed by atoms with Gasteiger partial charge in [0.1, 0.15) is 0 Å². The molecule has 1 atom stereocenters. The molecule has 120 valence electrons. The molecule has 2 rings (SSSR count). The Balaban J connectivity index is 2.18. The van der Waals surface area contributed by atoms with Crippen molar-refractivity contribution in [1.29, 1.82) is 0 Å². The molecular formula is C14H15F2NO5. The Bertz CT molecular complexity index is 578. The molecule has 22 heavy (non-hydrogen) atoms. The Labute approximate surface area is 125 Å². The lowest BCUT2D eigenvalue weighted by Crippen LogP contribution is -2.30. The second-order valence-corrected chi connectivity index (χ2v) is 4.82. The van der Waals surface area contributed by atoms with Gasteiger partial charge in [0.2, 0.25) is 0 Å². The van der Waals surface area contributed by atoms with Crippen molar-refractivity contribution in [2.24, 2.45) is 5.92 Å². The first-order valence-corrected chi connectivity index (χ1v) is 6.57. The van der Waals surface area contributed by atoms with Crippen LogP contribution in [0.1, 0.15) is 16.8 Å². The predicted molar refractivity (Wildman–Crippen MR) is 71.3 cm³/mol. The van der Waals surface area contributed by atoms with Crippen LogP contribution in [-0.2, 0) is 4.79 Å². The van der Waals surface area contributed by atoms with E-state index in [0.717, 1.165) is 0 Å². The number of methoxy groups -OCH3 is 1. The molecule has 0 aliphatic carbocycles. The minimum absolute atomic E-state index is 0.0849. The molecule has 1 aromatic rings. The van der Waals surface area contributed by atoms with E-state index in [1.165, 1.54) is 30.2 Å². The van der Waals surface area contributed by atoms with Gasteiger partial charge in [-0.2, -0.15) is 8.78 Å². The van der Waals surface area contributed by atoms with Gasteiger partial charge < -0.3 is 19.5 Å². The molecule has 1 fully saturated rings. The third-order valence-corrected chi connectivity index (χ3v) is 3.45. The number of amides is 1. The summed E-state index contributed by atoms with van der Waals surface area (Å²) in [5.41, 5.74) is 0.141. The van der Waals surface area contributed by atoms with E-state index in [1.807, 2.05) is 0 Å². The van der Waals surface area contributed by atoms with E-state index in [4.69, 9.17) is 9.84 Å². The molecule has 6 nitrogen and oxygen atoms in total. The summed E-state index contributed by atoms with van der Waals surface area (Å²) in [5.74, 6) is -2.13. The number of aliphatic carboxylic acids is 1. The fourth-order valence-corrected chi connectivity index (χ4v) is 2.33. The number of likely N-dealkylation sites (tertiary alicyclic amines) is 1. The van der Waals surface area contributed by atoms with Crippen molar-refractivity contribution >= 4 is 11.9 Å². The zero-order valence-corrected chi connectivity index (χ0v) is 11.8. The van der Waals surface area contributed by atoms with Gasteiger partial charge in [-0.05, 0) is 24.6 Å². The van der Waals surface area contributed by atoms with Crippen molar-refractivity contribution in [2.75, 3.05) is 20.2 Å². The van der Waals surface area contributed by atoms with Crippen molar-refractivity contribution in [3.05, 3.63) is 23.8 Å². The maximum atomic E-state index is 12.4. The molecule has 0 saturated carbocycles. The van der Waals surface area contributed by atoms with Gasteiger partial charge in [0.25, 0.3) is 5.91 Å². The molecule has 0 bridgehead atoms. The third kappa shape index (κ3) is 3.44. The molecule has 0 spiro atoms. The standard InChI is InChI=1S/C14H15F2NO5/c1-21-10-3-2-8(6-11(10)22-14(15)16)12(18)17-5-4-9(7-17)13(19)20/h2-3,6,9,14H,4-5,7H2,1H3,(H,19,20). The summed E-state index contributed by atoms with van der Waals surface area (Å²) in [4.78, 5) is 24.6. The molecule has 8 heteroatoms. The Morgan fingerprint density at radius 3 is 2.64 bits per heavy atom. The first-order valence-electron chi connectivity index (χ1n) is 6.57. The zero-order chi connectivity index (χ0) is 16.3. The van der Waals surface area contributed by atoms with Gasteiger partial charge in [0, 0.05) is 18.7 Å². The Morgan fingerprint density at radius 2 is 2.09 bits per heavy atom. The summed E-state index contributed by atoms with van der Waals surface area (Å²) in [6.45, 7) is -2.62. The molecule has 1 aliphatic heterocycles. The number of benzene rings is 1. The maximum Gasteiger partial charge on any atom is 0.387 e. The molecule has 1 heterocycles. The largest absolute Gasteiger partial charge is 0.493 e. The fourth-order valence-electron chi connectivity index (χ4n) is 2.33. The quantitative estimate of drug-likeness (QED) is 0.897. The third-order valence-electron chi connectivity index (χ3n) is 3.45. The van der Waals surface area contributed by atoms with Gasteiger partial charge in [-0.25, -0.2) is 0 Å². The van der Waals surface area contributed by atoms with Crippen molar-refractivity contribution in [3.63, 3.8) is 0 Å². The highest BCUT2D eigenvalue weighted by Gasteiger charge is 2.31. The van der Waals surface area contributed by atoms with Crippen LogP contribution in [0.3, 0.4) is 0 Å². The molecular weight excluding hydrogens is 300 g/mol. The zero-order valence-electron chi connectivity index (χ0n) is 11.8. The predicted octanol–water partition coefficient (Wildman–Crippen LogP) is 1.84. The second kappa shape index (κ2) is 6.59. The summed E-state index contributed by atoms with van der Waals surface area (Å²) in [6, 6.07) is 3.95. The van der Waals surface area contributed by atoms with E-state index in [9.17, 15) is 18.4 Å². The lowest BCUT2D eigenvalue weighted by molar-refractivity contribution is -0.141. The number of rotatable bonds is 5. The number of halogens is 2. The highest BCUT2D eigenvalue weighted by molar-refractivity contribution is 5.95. The lowest BCUT2D eigenvalue weighted by atomic mass is 10.1. The van der Waals surface area contributed by atoms with Gasteiger partial charge in [-0.15, -0.1) is 0 Å². The Kier molecular flexibility index (Phi) is 4.79. The first-order chi connectivity index (χ1) is 10.4. The van der Waals surface area contributed by atoms with E-state index in [1.54, 1.807) is 0 Å². The summed E-state index contributed by atoms with van der Waals surface area (Å²) < 4.78 is 34.0. The molecule has 1 amide bonds. The highest BCUT2D eigenvalue weighted by atomic mass is 19.3. The average molecular weight is 315 g/mol. The number of hydrogen-bond acceptors (Lipinski definition) is 4. The van der Waals surface area contributed by atoms with Crippen molar-refractivity contribution in [1.82, 2.24) is 4.90 Å². The van der Waals surface area contributed by atoms with Crippen molar-refractivity contribution in [2.45, 2.75) is 13.0 Å². The van der Waals surface area contributed by atoms with Gasteiger partial charge in [-0.3, -0.25) is 9.59 Å². The van der Waals surface area contributed by atoms with Crippen LogP contribution in [-0.4, -0.2) is 48.7 Å². The van der Waals surface area contributed by atoms with Gasteiger partial charge >= 0.3 is 12.6 Å². The summed E-state index contributed by atoms with van der Waals surface area (Å²) in [5, 5.41) is 8.94. The minimum atomic E-state index is -3.04. The molecule has 1 saturated heterocycles. The smallest absolute Gasteiger partial charge is 0.387 e. The Morgan fingerprint density at radius 1 is 1.36 bits per heavy atom. The van der Waals surface area contributed by atoms with Crippen LogP contribution in [0.15, 0.2) is 18.2 Å². The highest BCUT2D eigenvalue weighted by Crippen LogP contribution is 2.30.